The van der Waals surface area contributed by atoms with Crippen molar-refractivity contribution in [1.29, 1.82) is 0 Å². The van der Waals surface area contributed by atoms with Gasteiger partial charge < -0.3 is 15.1 Å². The van der Waals surface area contributed by atoms with Crippen LogP contribution in [0.5, 0.6) is 0 Å². The molecular weight excluding hydrogens is 330 g/mol. The molecule has 0 saturated carbocycles. The van der Waals surface area contributed by atoms with Crippen molar-refractivity contribution < 1.29 is 9.21 Å². The molecule has 0 spiro atoms. The second-order valence-electron chi connectivity index (χ2n) is 6.23. The number of para-hydroxylation sites is 1. The zero-order chi connectivity index (χ0) is 18.1. The third-order valence-electron chi connectivity index (χ3n) is 4.29. The minimum atomic E-state index is -0.296. The van der Waals surface area contributed by atoms with Gasteiger partial charge in [0.2, 0.25) is 0 Å². The molecule has 7 nitrogen and oxygen atoms in total. The average Bonchev–Trinajstić information content (AvgIpc) is 3.25. The quantitative estimate of drug-likeness (QED) is 0.589. The van der Waals surface area contributed by atoms with Crippen LogP contribution in [0.4, 0.5) is 4.79 Å². The van der Waals surface area contributed by atoms with Gasteiger partial charge in [-0.05, 0) is 38.1 Å². The number of nitrogens with one attached hydrogen (secondary N) is 2. The minimum absolute atomic E-state index is 0.259. The first-order chi connectivity index (χ1) is 12.6. The smallest absolute Gasteiger partial charge is 0.315 e. The Morgan fingerprint density at radius 2 is 1.81 bits per heavy atom. The van der Waals surface area contributed by atoms with E-state index >= 15 is 0 Å². The minimum Gasteiger partial charge on any atom is -0.459 e. The number of urea groups is 1. The van der Waals surface area contributed by atoms with E-state index in [0.717, 1.165) is 16.6 Å². The third-order valence-corrected chi connectivity index (χ3v) is 4.29. The molecule has 0 saturated heterocycles. The molecule has 2 atom stereocenters. The number of rotatable bonds is 4. The topological polar surface area (TPSA) is 84.5 Å². The zero-order valence-electron chi connectivity index (χ0n) is 14.5. The zero-order valence-corrected chi connectivity index (χ0v) is 14.5. The second kappa shape index (κ2) is 6.51. The number of benzene rings is 1. The molecule has 4 aromatic rings. The Balaban J connectivity index is 1.44. The molecular formula is C19H19N5O2. The summed E-state index contributed by atoms with van der Waals surface area (Å²) in [5.74, 6) is 1.38. The van der Waals surface area contributed by atoms with Crippen LogP contribution in [0, 0.1) is 0 Å². The summed E-state index contributed by atoms with van der Waals surface area (Å²) in [4.78, 5) is 12.4. The molecule has 3 aromatic heterocycles. The van der Waals surface area contributed by atoms with Crippen LogP contribution in [0.25, 0.3) is 16.6 Å². The Labute approximate surface area is 150 Å². The van der Waals surface area contributed by atoms with Crippen molar-refractivity contribution in [2.75, 3.05) is 0 Å². The molecule has 0 radical (unpaired) electrons. The number of carbonyl (C=O) groups excluding carboxylic acids is 1. The third kappa shape index (κ3) is 2.99. The number of aromatic nitrogens is 3. The largest absolute Gasteiger partial charge is 0.459 e. The summed E-state index contributed by atoms with van der Waals surface area (Å²) in [6.45, 7) is 3.75. The van der Waals surface area contributed by atoms with Gasteiger partial charge in [0.05, 0.1) is 12.1 Å². The molecule has 1 aromatic carbocycles. The molecule has 132 valence electrons. The number of furan rings is 1. The number of amides is 2. The summed E-state index contributed by atoms with van der Waals surface area (Å²) in [6, 6.07) is 14.5. The van der Waals surface area contributed by atoms with E-state index in [1.165, 1.54) is 0 Å². The van der Waals surface area contributed by atoms with Crippen LogP contribution in [-0.2, 0) is 0 Å². The Kier molecular flexibility index (Phi) is 4.04. The summed E-state index contributed by atoms with van der Waals surface area (Å²) in [6.07, 6.45) is 1.87. The Morgan fingerprint density at radius 1 is 1.04 bits per heavy atom. The molecule has 2 amide bonds. The van der Waals surface area contributed by atoms with E-state index in [0.29, 0.717) is 11.6 Å². The molecule has 7 heteroatoms. The van der Waals surface area contributed by atoms with Gasteiger partial charge in [0.15, 0.2) is 11.5 Å². The summed E-state index contributed by atoms with van der Waals surface area (Å²) in [5, 5.41) is 15.1. The van der Waals surface area contributed by atoms with E-state index in [1.54, 1.807) is 0 Å². The highest BCUT2D eigenvalue weighted by molar-refractivity contribution is 5.78. The lowest BCUT2D eigenvalue weighted by molar-refractivity contribution is 0.233. The first-order valence-corrected chi connectivity index (χ1v) is 8.47. The van der Waals surface area contributed by atoms with Gasteiger partial charge in [0, 0.05) is 11.6 Å². The Morgan fingerprint density at radius 3 is 2.65 bits per heavy atom. The normalized spacial score (nSPS) is 13.6. The molecule has 0 aliphatic carbocycles. The van der Waals surface area contributed by atoms with Crippen molar-refractivity contribution in [1.82, 2.24) is 25.2 Å². The first-order valence-electron chi connectivity index (χ1n) is 8.47. The summed E-state index contributed by atoms with van der Waals surface area (Å²) < 4.78 is 7.65. The lowest BCUT2D eigenvalue weighted by Gasteiger charge is -2.16. The van der Waals surface area contributed by atoms with E-state index < -0.39 is 0 Å². The summed E-state index contributed by atoms with van der Waals surface area (Å²) in [5.41, 5.74) is 1.55. The average molecular weight is 349 g/mol. The molecule has 0 aliphatic rings. The van der Waals surface area contributed by atoms with E-state index in [2.05, 4.69) is 20.8 Å². The van der Waals surface area contributed by atoms with Gasteiger partial charge >= 0.3 is 6.03 Å². The molecule has 0 aliphatic heterocycles. The van der Waals surface area contributed by atoms with Crippen molar-refractivity contribution >= 4 is 22.6 Å². The van der Waals surface area contributed by atoms with E-state index in [1.807, 2.05) is 73.0 Å². The number of carbonyl (C=O) groups is 1. The lowest BCUT2D eigenvalue weighted by Crippen LogP contribution is -2.38. The highest BCUT2D eigenvalue weighted by Crippen LogP contribution is 2.23. The summed E-state index contributed by atoms with van der Waals surface area (Å²) >= 11 is 0. The molecule has 0 bridgehead atoms. The Hall–Kier alpha value is -3.35. The van der Waals surface area contributed by atoms with Crippen LogP contribution in [0.1, 0.15) is 37.5 Å². The molecule has 2 N–H and O–H groups in total. The highest BCUT2D eigenvalue weighted by atomic mass is 16.3. The van der Waals surface area contributed by atoms with Crippen LogP contribution in [0.15, 0.2) is 59.1 Å². The van der Waals surface area contributed by atoms with Crippen LogP contribution in [0.3, 0.4) is 0 Å². The number of nitrogens with zero attached hydrogens (tertiary/aromatic N) is 3. The van der Waals surface area contributed by atoms with Crippen LogP contribution in [-0.4, -0.2) is 20.6 Å². The van der Waals surface area contributed by atoms with Gasteiger partial charge in [-0.2, -0.15) is 0 Å². The number of pyridine rings is 1. The van der Waals surface area contributed by atoms with Crippen LogP contribution >= 0.6 is 0 Å². The van der Waals surface area contributed by atoms with Crippen molar-refractivity contribution in [3.63, 3.8) is 0 Å². The maximum Gasteiger partial charge on any atom is 0.315 e. The van der Waals surface area contributed by atoms with Gasteiger partial charge in [-0.3, -0.25) is 4.40 Å². The van der Waals surface area contributed by atoms with Crippen molar-refractivity contribution in [3.05, 3.63) is 66.3 Å². The number of hydrogen-bond acceptors (Lipinski definition) is 4. The molecule has 3 heterocycles. The van der Waals surface area contributed by atoms with Crippen LogP contribution in [0.2, 0.25) is 0 Å². The van der Waals surface area contributed by atoms with Gasteiger partial charge in [-0.15, -0.1) is 10.2 Å². The highest BCUT2D eigenvalue weighted by Gasteiger charge is 2.18. The number of fused-ring (bicyclic) bond motifs is 2. The monoisotopic (exact) mass is 349 g/mol. The number of hydrogen-bond donors (Lipinski definition) is 2. The van der Waals surface area contributed by atoms with Gasteiger partial charge in [-0.1, -0.05) is 24.3 Å². The molecule has 0 unspecified atom stereocenters. The fourth-order valence-corrected chi connectivity index (χ4v) is 2.94. The molecule has 4 rings (SSSR count). The standard InChI is InChI=1S/C19H19N5O2/c1-12(16-11-14-7-3-4-8-15(14)26-16)20-19(25)21-13(2)18-23-22-17-9-5-6-10-24(17)18/h3-13H,1-2H3,(H2,20,21,25)/t12-,13+/m0/s1. The first kappa shape index (κ1) is 16.1. The maximum atomic E-state index is 12.4. The van der Waals surface area contributed by atoms with Crippen molar-refractivity contribution in [2.45, 2.75) is 25.9 Å². The van der Waals surface area contributed by atoms with E-state index in [9.17, 15) is 4.79 Å². The van der Waals surface area contributed by atoms with Gasteiger partial charge in [-0.25, -0.2) is 4.79 Å². The predicted molar refractivity (Wildman–Crippen MR) is 97.7 cm³/mol. The lowest BCUT2D eigenvalue weighted by atomic mass is 10.2. The van der Waals surface area contributed by atoms with Gasteiger partial charge in [0.1, 0.15) is 11.3 Å². The molecule has 0 fully saturated rings. The molecule has 26 heavy (non-hydrogen) atoms. The van der Waals surface area contributed by atoms with E-state index in [4.69, 9.17) is 4.42 Å². The fraction of sp³-hybridized carbons (Fsp3) is 0.211. The van der Waals surface area contributed by atoms with Crippen LogP contribution < -0.4 is 10.6 Å². The maximum absolute atomic E-state index is 12.4. The predicted octanol–water partition coefficient (Wildman–Crippen LogP) is 3.60. The second-order valence-corrected chi connectivity index (χ2v) is 6.23. The summed E-state index contributed by atoms with van der Waals surface area (Å²) in [7, 11) is 0. The van der Waals surface area contributed by atoms with E-state index in [-0.39, 0.29) is 18.1 Å². The van der Waals surface area contributed by atoms with Crippen molar-refractivity contribution in [2.24, 2.45) is 0 Å². The fourth-order valence-electron chi connectivity index (χ4n) is 2.94. The van der Waals surface area contributed by atoms with Gasteiger partial charge in [0.25, 0.3) is 0 Å². The Bertz CT molecular complexity index is 1030. The van der Waals surface area contributed by atoms with Crippen molar-refractivity contribution in [3.8, 4) is 0 Å². The SMILES string of the molecule is C[C@H](NC(=O)N[C@H](C)c1nnc2ccccn12)c1cc2ccccc2o1.